The molecule has 11 heteroatoms. The number of aromatic hydroxyl groups is 1. The number of benzene rings is 2. The van der Waals surface area contributed by atoms with E-state index in [9.17, 15) is 14.7 Å². The van der Waals surface area contributed by atoms with Gasteiger partial charge in [0, 0.05) is 33.0 Å². The topological polar surface area (TPSA) is 125 Å². The molecule has 1 saturated heterocycles. The number of ether oxygens (including phenoxy) is 1. The van der Waals surface area contributed by atoms with Crippen LogP contribution >= 0.6 is 22.6 Å². The number of anilines is 1. The van der Waals surface area contributed by atoms with Crippen LogP contribution in [0.15, 0.2) is 30.3 Å². The summed E-state index contributed by atoms with van der Waals surface area (Å²) in [5, 5.41) is 12.1. The lowest BCUT2D eigenvalue weighted by Crippen LogP contribution is -2.45. The quantitative estimate of drug-likeness (QED) is 0.341. The van der Waals surface area contributed by atoms with Crippen LogP contribution < -0.4 is 15.4 Å². The number of primary amides is 1. The van der Waals surface area contributed by atoms with Crippen LogP contribution in [0.5, 0.6) is 11.8 Å². The fraction of sp³-hybridized carbons (Fsp3) is 0.484. The molecule has 1 atom stereocenters. The van der Waals surface area contributed by atoms with Crippen molar-refractivity contribution in [2.24, 2.45) is 11.1 Å². The third-order valence-electron chi connectivity index (χ3n) is 8.64. The number of rotatable bonds is 8. The summed E-state index contributed by atoms with van der Waals surface area (Å²) < 4.78 is 7.19. The molecule has 2 amide bonds. The molecule has 1 aromatic heterocycles. The Morgan fingerprint density at radius 1 is 1.17 bits per heavy atom. The molecule has 2 aliphatic heterocycles. The first kappa shape index (κ1) is 28.9. The van der Waals surface area contributed by atoms with Gasteiger partial charge in [0.25, 0.3) is 5.91 Å². The average Bonchev–Trinajstić information content (AvgIpc) is 3.63. The molecule has 2 fully saturated rings. The zero-order valence-corrected chi connectivity index (χ0v) is 26.3. The molecule has 0 radical (unpaired) electrons. The molecule has 42 heavy (non-hydrogen) atoms. The van der Waals surface area contributed by atoms with E-state index >= 15 is 0 Å². The summed E-state index contributed by atoms with van der Waals surface area (Å²) in [6.45, 7) is 2.65. The lowest BCUT2D eigenvalue weighted by atomic mass is 10.0. The Kier molecular flexibility index (Phi) is 7.90. The minimum Gasteiger partial charge on any atom is -0.508 e. The highest BCUT2D eigenvalue weighted by Gasteiger charge is 2.44. The van der Waals surface area contributed by atoms with Gasteiger partial charge in [-0.2, -0.15) is 9.97 Å². The molecule has 222 valence electrons. The van der Waals surface area contributed by atoms with E-state index in [1.54, 1.807) is 11.0 Å². The first-order valence-corrected chi connectivity index (χ1v) is 15.7. The van der Waals surface area contributed by atoms with Gasteiger partial charge in [-0.1, -0.05) is 25.0 Å². The number of carbonyl (C=O) groups excluding carboxylic acids is 2. The standard InChI is InChI=1S/C31H37IN6O4/c1-36(2)17-31(10-11-31)18-42-30-34-24-16-37(29(41)21-14-20(39)13-19-7-6-8-23(32)26(19)21)15-22(24)28(35-30)38-12-5-3-4-9-25(38)27(33)40/h6-8,13-14,25,39H,3-5,9-12,15-18H2,1-2H3,(H2,33,40). The number of hydrogen-bond acceptors (Lipinski definition) is 8. The summed E-state index contributed by atoms with van der Waals surface area (Å²) in [5.41, 5.74) is 7.97. The van der Waals surface area contributed by atoms with Crippen molar-refractivity contribution in [2.45, 2.75) is 57.7 Å². The van der Waals surface area contributed by atoms with E-state index in [0.29, 0.717) is 36.6 Å². The van der Waals surface area contributed by atoms with E-state index in [1.165, 1.54) is 6.07 Å². The normalized spacial score (nSPS) is 19.6. The number of fused-ring (bicyclic) bond motifs is 2. The molecule has 0 spiro atoms. The molecule has 0 bridgehead atoms. The number of aromatic nitrogens is 2. The van der Waals surface area contributed by atoms with Crippen molar-refractivity contribution in [2.75, 3.05) is 38.7 Å². The van der Waals surface area contributed by atoms with Crippen molar-refractivity contribution < 1.29 is 19.4 Å². The van der Waals surface area contributed by atoms with Gasteiger partial charge in [-0.05, 0) is 86.0 Å². The molecular weight excluding hydrogens is 647 g/mol. The zero-order valence-electron chi connectivity index (χ0n) is 24.1. The monoisotopic (exact) mass is 684 g/mol. The van der Waals surface area contributed by atoms with Gasteiger partial charge in [-0.25, -0.2) is 0 Å². The molecule has 1 unspecified atom stereocenters. The Morgan fingerprint density at radius 2 is 1.98 bits per heavy atom. The van der Waals surface area contributed by atoms with E-state index in [2.05, 4.69) is 41.6 Å². The molecule has 3 N–H and O–H groups in total. The molecule has 10 nitrogen and oxygen atoms in total. The zero-order chi connectivity index (χ0) is 29.6. The van der Waals surface area contributed by atoms with E-state index in [1.807, 2.05) is 23.1 Å². The van der Waals surface area contributed by atoms with Crippen molar-refractivity contribution in [3.05, 3.63) is 50.7 Å². The third-order valence-corrected chi connectivity index (χ3v) is 9.54. The maximum Gasteiger partial charge on any atom is 0.318 e. The van der Waals surface area contributed by atoms with E-state index in [-0.39, 0.29) is 42.1 Å². The molecule has 3 aliphatic rings. The van der Waals surface area contributed by atoms with Crippen LogP contribution in [-0.4, -0.2) is 76.5 Å². The lowest BCUT2D eigenvalue weighted by Gasteiger charge is -2.30. The predicted molar refractivity (Wildman–Crippen MR) is 168 cm³/mol. The fourth-order valence-electron chi connectivity index (χ4n) is 6.44. The maximum atomic E-state index is 14.0. The highest BCUT2D eigenvalue weighted by molar-refractivity contribution is 14.1. The Labute approximate surface area is 259 Å². The summed E-state index contributed by atoms with van der Waals surface area (Å²) in [7, 11) is 4.13. The van der Waals surface area contributed by atoms with Crippen LogP contribution in [0.2, 0.25) is 0 Å². The van der Waals surface area contributed by atoms with Crippen molar-refractivity contribution >= 4 is 51.0 Å². The van der Waals surface area contributed by atoms with Gasteiger partial charge in [0.2, 0.25) is 5.91 Å². The number of nitrogens with two attached hydrogens (primary N) is 1. The van der Waals surface area contributed by atoms with Crippen molar-refractivity contribution in [1.82, 2.24) is 19.8 Å². The Balaban J connectivity index is 1.36. The van der Waals surface area contributed by atoms with Gasteiger partial charge in [0.05, 0.1) is 31.0 Å². The van der Waals surface area contributed by atoms with Gasteiger partial charge in [-0.15, -0.1) is 0 Å². The SMILES string of the molecule is CN(C)CC1(COc2nc3c(c(N4CCCCCC4C(N)=O)n2)CN(C(=O)c2cc(O)cc4cccc(I)c24)C3)CC1. The smallest absolute Gasteiger partial charge is 0.318 e. The van der Waals surface area contributed by atoms with Gasteiger partial charge in [-0.3, -0.25) is 9.59 Å². The van der Waals surface area contributed by atoms with Crippen LogP contribution in [0.25, 0.3) is 10.8 Å². The number of phenolic OH excluding ortho intramolecular Hbond substituents is 1. The highest BCUT2D eigenvalue weighted by atomic mass is 127. The van der Waals surface area contributed by atoms with Gasteiger partial charge >= 0.3 is 6.01 Å². The van der Waals surface area contributed by atoms with Crippen molar-refractivity contribution in [3.8, 4) is 11.8 Å². The molecule has 3 aromatic rings. The number of amides is 2. The third kappa shape index (κ3) is 5.72. The van der Waals surface area contributed by atoms with Crippen LogP contribution in [0.1, 0.15) is 60.1 Å². The van der Waals surface area contributed by atoms with Gasteiger partial charge in [0.15, 0.2) is 0 Å². The van der Waals surface area contributed by atoms with Crippen LogP contribution in [-0.2, 0) is 17.9 Å². The second-order valence-electron chi connectivity index (χ2n) is 12.2. The van der Waals surface area contributed by atoms with Crippen molar-refractivity contribution in [3.63, 3.8) is 0 Å². The number of hydrogen-bond donors (Lipinski definition) is 2. The summed E-state index contributed by atoms with van der Waals surface area (Å²) in [6, 6.07) is 8.76. The number of nitrogens with zero attached hydrogens (tertiary/aromatic N) is 5. The predicted octanol–water partition coefficient (Wildman–Crippen LogP) is 4.05. The maximum absolute atomic E-state index is 14.0. The Bertz CT molecular complexity index is 1540. The van der Waals surface area contributed by atoms with E-state index in [0.717, 1.165) is 58.6 Å². The number of halogens is 1. The second kappa shape index (κ2) is 11.5. The minimum absolute atomic E-state index is 0.0429. The molecule has 1 saturated carbocycles. The summed E-state index contributed by atoms with van der Waals surface area (Å²) in [6.07, 6.45) is 5.70. The summed E-state index contributed by atoms with van der Waals surface area (Å²) in [4.78, 5) is 42.3. The first-order chi connectivity index (χ1) is 20.1. The molecular formula is C31H37IN6O4. The molecule has 3 heterocycles. The van der Waals surface area contributed by atoms with E-state index < -0.39 is 6.04 Å². The Morgan fingerprint density at radius 3 is 2.71 bits per heavy atom. The first-order valence-electron chi connectivity index (χ1n) is 14.6. The largest absolute Gasteiger partial charge is 0.508 e. The highest BCUT2D eigenvalue weighted by Crippen LogP contribution is 2.46. The van der Waals surface area contributed by atoms with Crippen LogP contribution in [0.3, 0.4) is 0 Å². The van der Waals surface area contributed by atoms with Gasteiger partial charge < -0.3 is 30.3 Å². The molecule has 6 rings (SSSR count). The Hall–Kier alpha value is -3.19. The molecule has 2 aromatic carbocycles. The number of phenols is 1. The second-order valence-corrected chi connectivity index (χ2v) is 13.4. The van der Waals surface area contributed by atoms with Crippen molar-refractivity contribution in [1.29, 1.82) is 0 Å². The van der Waals surface area contributed by atoms with Crippen LogP contribution in [0.4, 0.5) is 5.82 Å². The average molecular weight is 685 g/mol. The van der Waals surface area contributed by atoms with Crippen LogP contribution in [0, 0.1) is 8.99 Å². The van der Waals surface area contributed by atoms with Gasteiger partial charge in [0.1, 0.15) is 17.6 Å². The summed E-state index contributed by atoms with van der Waals surface area (Å²) >= 11 is 2.23. The lowest BCUT2D eigenvalue weighted by molar-refractivity contribution is -0.119. The molecule has 1 aliphatic carbocycles. The fourth-order valence-corrected chi connectivity index (χ4v) is 7.25. The summed E-state index contributed by atoms with van der Waals surface area (Å²) in [5.74, 6) is 0.100. The minimum atomic E-state index is -0.482. The van der Waals surface area contributed by atoms with E-state index in [4.69, 9.17) is 20.4 Å². The number of carbonyl (C=O) groups is 2.